The van der Waals surface area contributed by atoms with E-state index in [1.165, 1.54) is 24.3 Å². The van der Waals surface area contributed by atoms with Gasteiger partial charge in [-0.25, -0.2) is 12.8 Å². The molecule has 9 heteroatoms. The van der Waals surface area contributed by atoms with Crippen LogP contribution >= 0.6 is 23.2 Å². The fourth-order valence-corrected chi connectivity index (χ4v) is 2.73. The molecule has 5 nitrogen and oxygen atoms in total. The van der Waals surface area contributed by atoms with Crippen molar-refractivity contribution < 1.29 is 17.6 Å². The van der Waals surface area contributed by atoms with Gasteiger partial charge in [-0.15, -0.1) is 4.83 Å². The molecule has 0 atom stereocenters. The maximum atomic E-state index is 13.0. The number of hydrogen-bond acceptors (Lipinski definition) is 3. The normalized spacial score (nSPS) is 11.2. The highest BCUT2D eigenvalue weighted by Gasteiger charge is 2.17. The van der Waals surface area contributed by atoms with Crippen molar-refractivity contribution in [1.82, 2.24) is 10.3 Å². The third kappa shape index (κ3) is 3.95. The van der Waals surface area contributed by atoms with Gasteiger partial charge < -0.3 is 0 Å². The van der Waals surface area contributed by atoms with E-state index in [0.29, 0.717) is 5.02 Å². The number of sulfonamides is 1. The molecule has 2 N–H and O–H groups in total. The second-order valence-electron chi connectivity index (χ2n) is 4.14. The molecule has 0 aliphatic rings. The van der Waals surface area contributed by atoms with E-state index >= 15 is 0 Å². The second-order valence-corrected chi connectivity index (χ2v) is 6.67. The van der Waals surface area contributed by atoms with E-state index in [1.54, 1.807) is 0 Å². The van der Waals surface area contributed by atoms with Crippen molar-refractivity contribution in [2.45, 2.75) is 4.90 Å². The molecule has 0 saturated heterocycles. The summed E-state index contributed by atoms with van der Waals surface area (Å²) in [5, 5.41) is 0.102. The third-order valence-electron chi connectivity index (χ3n) is 2.61. The number of halogens is 3. The number of hydrogen-bond donors (Lipinski definition) is 2. The zero-order valence-corrected chi connectivity index (χ0v) is 13.1. The SMILES string of the molecule is O=C(NNS(=O)(=O)c1ccc(F)c(Cl)c1)c1ccc(Cl)cc1. The van der Waals surface area contributed by atoms with Crippen LogP contribution in [-0.4, -0.2) is 14.3 Å². The average molecular weight is 363 g/mol. The lowest BCUT2D eigenvalue weighted by molar-refractivity contribution is 0.0945. The second kappa shape index (κ2) is 6.62. The zero-order valence-electron chi connectivity index (χ0n) is 10.8. The Labute approximate surface area is 136 Å². The van der Waals surface area contributed by atoms with Crippen LogP contribution in [0.3, 0.4) is 0 Å². The first kappa shape index (κ1) is 16.7. The third-order valence-corrected chi connectivity index (χ3v) is 4.39. The first-order chi connectivity index (χ1) is 10.3. The molecule has 0 unspecified atom stereocenters. The Bertz CT molecular complexity index is 811. The Kier molecular flexibility index (Phi) is 5.02. The van der Waals surface area contributed by atoms with Crippen molar-refractivity contribution in [2.24, 2.45) is 0 Å². The smallest absolute Gasteiger partial charge is 0.266 e. The molecular weight excluding hydrogens is 354 g/mol. The largest absolute Gasteiger partial charge is 0.273 e. The van der Waals surface area contributed by atoms with Crippen LogP contribution in [-0.2, 0) is 10.0 Å². The molecule has 116 valence electrons. The van der Waals surface area contributed by atoms with Crippen molar-refractivity contribution in [2.75, 3.05) is 0 Å². The van der Waals surface area contributed by atoms with Crippen LogP contribution in [0, 0.1) is 5.82 Å². The van der Waals surface area contributed by atoms with Gasteiger partial charge in [0.15, 0.2) is 0 Å². The van der Waals surface area contributed by atoms with Crippen molar-refractivity contribution in [3.63, 3.8) is 0 Å². The maximum Gasteiger partial charge on any atom is 0.266 e. The van der Waals surface area contributed by atoms with E-state index in [0.717, 1.165) is 18.2 Å². The molecule has 2 rings (SSSR count). The Morgan fingerprint density at radius 3 is 2.27 bits per heavy atom. The van der Waals surface area contributed by atoms with Crippen molar-refractivity contribution in [3.05, 3.63) is 63.9 Å². The van der Waals surface area contributed by atoms with Gasteiger partial charge in [-0.05, 0) is 42.5 Å². The highest BCUT2D eigenvalue weighted by molar-refractivity contribution is 7.89. The van der Waals surface area contributed by atoms with Gasteiger partial charge in [0.05, 0.1) is 9.92 Å². The molecular formula is C13H9Cl2FN2O3S. The molecule has 0 radical (unpaired) electrons. The van der Waals surface area contributed by atoms with Crippen molar-refractivity contribution in [3.8, 4) is 0 Å². The quantitative estimate of drug-likeness (QED) is 0.821. The molecule has 1 amide bonds. The Morgan fingerprint density at radius 1 is 1.05 bits per heavy atom. The summed E-state index contributed by atoms with van der Waals surface area (Å²) in [5.74, 6) is -1.42. The summed E-state index contributed by atoms with van der Waals surface area (Å²) in [5.41, 5.74) is 2.25. The summed E-state index contributed by atoms with van der Waals surface area (Å²) < 4.78 is 36.9. The molecule has 22 heavy (non-hydrogen) atoms. The standard InChI is InChI=1S/C13H9Cl2FN2O3S/c14-9-3-1-8(2-4-9)13(19)17-18-22(20,21)10-5-6-12(16)11(15)7-10/h1-7,18H,(H,17,19). The summed E-state index contributed by atoms with van der Waals surface area (Å²) in [4.78, 5) is 13.4. The lowest BCUT2D eigenvalue weighted by Gasteiger charge is -2.09. The van der Waals surface area contributed by atoms with Crippen LogP contribution in [0.15, 0.2) is 47.4 Å². The lowest BCUT2D eigenvalue weighted by atomic mass is 10.2. The van der Waals surface area contributed by atoms with E-state index in [4.69, 9.17) is 23.2 Å². The van der Waals surface area contributed by atoms with Crippen LogP contribution in [0.2, 0.25) is 10.0 Å². The van der Waals surface area contributed by atoms with E-state index in [1.807, 2.05) is 10.3 Å². The van der Waals surface area contributed by atoms with Gasteiger partial charge in [-0.3, -0.25) is 10.2 Å². The van der Waals surface area contributed by atoms with Gasteiger partial charge in [0.2, 0.25) is 0 Å². The number of benzene rings is 2. The predicted molar refractivity (Wildman–Crippen MR) is 80.6 cm³/mol. The van der Waals surface area contributed by atoms with Crippen LogP contribution < -0.4 is 10.3 Å². The molecule has 0 heterocycles. The molecule has 2 aromatic rings. The minimum Gasteiger partial charge on any atom is -0.273 e. The van der Waals surface area contributed by atoms with E-state index in [2.05, 4.69) is 0 Å². The summed E-state index contributed by atoms with van der Waals surface area (Å²) in [7, 11) is -4.07. The fourth-order valence-electron chi connectivity index (χ4n) is 1.49. The van der Waals surface area contributed by atoms with Gasteiger partial charge in [0.25, 0.3) is 15.9 Å². The van der Waals surface area contributed by atoms with Gasteiger partial charge in [0, 0.05) is 10.6 Å². The van der Waals surface area contributed by atoms with Crippen LogP contribution in [0.1, 0.15) is 10.4 Å². The first-order valence-electron chi connectivity index (χ1n) is 5.82. The average Bonchev–Trinajstić information content (AvgIpc) is 2.48. The summed E-state index contributed by atoms with van der Waals surface area (Å²) in [6, 6.07) is 8.72. The molecule has 0 aliphatic carbocycles. The molecule has 0 bridgehead atoms. The summed E-state index contributed by atoms with van der Waals surface area (Å²) in [6.07, 6.45) is 0. The monoisotopic (exact) mass is 362 g/mol. The number of carbonyl (C=O) groups excluding carboxylic acids is 1. The zero-order chi connectivity index (χ0) is 16.3. The first-order valence-corrected chi connectivity index (χ1v) is 8.06. The van der Waals surface area contributed by atoms with Crippen LogP contribution in [0.25, 0.3) is 0 Å². The van der Waals surface area contributed by atoms with Gasteiger partial charge >= 0.3 is 0 Å². The van der Waals surface area contributed by atoms with Gasteiger partial charge in [-0.1, -0.05) is 23.2 Å². The van der Waals surface area contributed by atoms with Gasteiger partial charge in [-0.2, -0.15) is 0 Å². The number of carbonyl (C=O) groups is 1. The number of hydrazine groups is 1. The molecule has 0 aromatic heterocycles. The van der Waals surface area contributed by atoms with Gasteiger partial charge in [0.1, 0.15) is 5.82 Å². The topological polar surface area (TPSA) is 75.3 Å². The highest BCUT2D eigenvalue weighted by Crippen LogP contribution is 2.19. The van der Waals surface area contributed by atoms with E-state index in [9.17, 15) is 17.6 Å². The Morgan fingerprint density at radius 2 is 1.68 bits per heavy atom. The molecule has 0 fully saturated rings. The van der Waals surface area contributed by atoms with E-state index in [-0.39, 0.29) is 15.5 Å². The van der Waals surface area contributed by atoms with Crippen LogP contribution in [0.5, 0.6) is 0 Å². The Hall–Kier alpha value is -1.67. The summed E-state index contributed by atoms with van der Waals surface area (Å²) >= 11 is 11.2. The lowest BCUT2D eigenvalue weighted by Crippen LogP contribution is -2.41. The predicted octanol–water partition coefficient (Wildman–Crippen LogP) is 2.76. The minimum absolute atomic E-state index is 0.212. The summed E-state index contributed by atoms with van der Waals surface area (Å²) in [6.45, 7) is 0. The molecule has 0 saturated carbocycles. The fraction of sp³-hybridized carbons (Fsp3) is 0. The number of amides is 1. The molecule has 0 spiro atoms. The molecule has 2 aromatic carbocycles. The Balaban J connectivity index is 2.10. The molecule has 0 aliphatic heterocycles. The van der Waals surface area contributed by atoms with Crippen molar-refractivity contribution >= 4 is 39.1 Å². The number of rotatable bonds is 4. The maximum absolute atomic E-state index is 13.0. The highest BCUT2D eigenvalue weighted by atomic mass is 35.5. The van der Waals surface area contributed by atoms with Crippen LogP contribution in [0.4, 0.5) is 4.39 Å². The van der Waals surface area contributed by atoms with E-state index < -0.39 is 21.7 Å². The van der Waals surface area contributed by atoms with Crippen molar-refractivity contribution in [1.29, 1.82) is 0 Å². The minimum atomic E-state index is -4.07. The number of nitrogens with one attached hydrogen (secondary N) is 2.